The van der Waals surface area contributed by atoms with Gasteiger partial charge in [-0.3, -0.25) is 9.79 Å². The van der Waals surface area contributed by atoms with Crippen LogP contribution < -0.4 is 10.1 Å². The molecule has 33 heavy (non-hydrogen) atoms. The molecule has 1 atom stereocenters. The van der Waals surface area contributed by atoms with Crippen molar-refractivity contribution in [1.82, 2.24) is 19.9 Å². The molecule has 0 spiro atoms. The number of nitrogens with zero attached hydrogens (tertiary/aromatic N) is 5. The lowest BCUT2D eigenvalue weighted by molar-refractivity contribution is -0.140. The number of amides is 1. The van der Waals surface area contributed by atoms with Gasteiger partial charge in [0.05, 0.1) is 37.9 Å². The summed E-state index contributed by atoms with van der Waals surface area (Å²) < 4.78 is 10.9. The molecule has 3 aromatic rings. The van der Waals surface area contributed by atoms with Gasteiger partial charge in [0.2, 0.25) is 11.8 Å². The molecule has 2 aliphatic heterocycles. The lowest BCUT2D eigenvalue weighted by Gasteiger charge is -2.31. The summed E-state index contributed by atoms with van der Waals surface area (Å²) in [5.41, 5.74) is 3.90. The molecule has 9 nitrogen and oxygen atoms in total. The van der Waals surface area contributed by atoms with Crippen molar-refractivity contribution in [2.24, 2.45) is 10.9 Å². The maximum absolute atomic E-state index is 13.1. The molecule has 1 aliphatic carbocycles. The summed E-state index contributed by atoms with van der Waals surface area (Å²) in [4.78, 5) is 35.2. The Morgan fingerprint density at radius 2 is 2.18 bits per heavy atom. The number of carbonyl (C=O) groups is 1. The van der Waals surface area contributed by atoms with E-state index in [1.165, 1.54) is 10.4 Å². The van der Waals surface area contributed by atoms with Crippen LogP contribution in [0.5, 0.6) is 5.88 Å². The van der Waals surface area contributed by atoms with Crippen molar-refractivity contribution >= 4 is 45.2 Å². The highest BCUT2D eigenvalue weighted by atomic mass is 32.1. The Labute approximate surface area is 194 Å². The standard InChI is InChI=1S/C23H24N6O3S/c1-31-21-16(8-14-10-24-11-17(14)28-21)27-20-19-15-3-2-13(23(30)29-4-6-32-7-5-29)9-18(15)33-22(19)26-12-25-20/h8,10,12-13H,2-7,9,11H2,1H3,(H,25,26,27)/t13-/m0/s1. The molecule has 0 aromatic carbocycles. The molecule has 3 aromatic heterocycles. The minimum atomic E-state index is 0.0216. The fourth-order valence-electron chi connectivity index (χ4n) is 4.85. The van der Waals surface area contributed by atoms with Crippen LogP contribution in [0.3, 0.4) is 0 Å². The van der Waals surface area contributed by atoms with Crippen LogP contribution in [0.15, 0.2) is 17.4 Å². The normalized spacial score (nSPS) is 19.4. The summed E-state index contributed by atoms with van der Waals surface area (Å²) in [6.07, 6.45) is 5.85. The molecular weight excluding hydrogens is 440 g/mol. The zero-order chi connectivity index (χ0) is 22.4. The lowest BCUT2D eigenvalue weighted by atomic mass is 9.86. The monoisotopic (exact) mass is 464 g/mol. The molecular formula is C23H24N6O3S. The van der Waals surface area contributed by atoms with E-state index in [1.807, 2.05) is 17.2 Å². The Bertz CT molecular complexity index is 1270. The first-order valence-corrected chi connectivity index (χ1v) is 12.0. The average Bonchev–Trinajstić information content (AvgIpc) is 3.47. The van der Waals surface area contributed by atoms with E-state index < -0.39 is 0 Å². The zero-order valence-electron chi connectivity index (χ0n) is 18.3. The number of pyridine rings is 1. The summed E-state index contributed by atoms with van der Waals surface area (Å²) in [6.45, 7) is 3.21. The second kappa shape index (κ2) is 8.35. The summed E-state index contributed by atoms with van der Waals surface area (Å²) in [6, 6.07) is 2.00. The molecule has 5 heterocycles. The number of anilines is 2. The number of methoxy groups -OCH3 is 1. The van der Waals surface area contributed by atoms with Gasteiger partial charge in [-0.25, -0.2) is 15.0 Å². The largest absolute Gasteiger partial charge is 0.480 e. The fourth-order valence-corrected chi connectivity index (χ4v) is 6.11. The van der Waals surface area contributed by atoms with Crippen molar-refractivity contribution in [1.29, 1.82) is 0 Å². The smallest absolute Gasteiger partial charge is 0.237 e. The number of aryl methyl sites for hydroxylation is 1. The van der Waals surface area contributed by atoms with Crippen LogP contribution in [0.4, 0.5) is 11.5 Å². The van der Waals surface area contributed by atoms with Crippen LogP contribution in [0.1, 0.15) is 28.1 Å². The molecule has 170 valence electrons. The molecule has 0 saturated carbocycles. The van der Waals surface area contributed by atoms with Crippen LogP contribution in [-0.2, 0) is 28.9 Å². The molecule has 3 aliphatic rings. The SMILES string of the molecule is COc1nc2c(cc1Nc1ncnc3sc4c(c13)CC[C@H](C(=O)N1CCOCC1)C4)C=NC2. The molecule has 0 radical (unpaired) electrons. The van der Waals surface area contributed by atoms with Crippen LogP contribution in [0.25, 0.3) is 10.2 Å². The van der Waals surface area contributed by atoms with Crippen molar-refractivity contribution in [3.63, 3.8) is 0 Å². The lowest BCUT2D eigenvalue weighted by Crippen LogP contribution is -2.44. The van der Waals surface area contributed by atoms with Gasteiger partial charge in [0.25, 0.3) is 0 Å². The number of aliphatic imine (C=N–C) groups is 1. The van der Waals surface area contributed by atoms with E-state index in [2.05, 4.69) is 25.3 Å². The quantitative estimate of drug-likeness (QED) is 0.633. The minimum absolute atomic E-state index is 0.0216. The van der Waals surface area contributed by atoms with Crippen molar-refractivity contribution in [2.45, 2.75) is 25.8 Å². The molecule has 0 unspecified atom stereocenters. The third-order valence-electron chi connectivity index (χ3n) is 6.54. The Hall–Kier alpha value is -3.11. The van der Waals surface area contributed by atoms with Crippen LogP contribution in [0, 0.1) is 5.92 Å². The fraction of sp³-hybridized carbons (Fsp3) is 0.435. The van der Waals surface area contributed by atoms with Crippen LogP contribution >= 0.6 is 11.3 Å². The Kier molecular flexibility index (Phi) is 5.18. The average molecular weight is 465 g/mol. The summed E-state index contributed by atoms with van der Waals surface area (Å²) in [5, 5.41) is 4.47. The first kappa shape index (κ1) is 20.5. The predicted molar refractivity (Wildman–Crippen MR) is 126 cm³/mol. The van der Waals surface area contributed by atoms with Gasteiger partial charge in [0.15, 0.2) is 0 Å². The maximum atomic E-state index is 13.1. The van der Waals surface area contributed by atoms with E-state index in [9.17, 15) is 4.79 Å². The second-order valence-corrected chi connectivity index (χ2v) is 9.54. The van der Waals surface area contributed by atoms with Gasteiger partial charge >= 0.3 is 0 Å². The third-order valence-corrected chi connectivity index (χ3v) is 7.70. The number of thiophene rings is 1. The maximum Gasteiger partial charge on any atom is 0.237 e. The number of rotatable bonds is 4. The number of aromatic nitrogens is 3. The van der Waals surface area contributed by atoms with Crippen LogP contribution in [0.2, 0.25) is 0 Å². The van der Waals surface area contributed by atoms with Gasteiger partial charge < -0.3 is 19.7 Å². The number of hydrogen-bond donors (Lipinski definition) is 1. The molecule has 10 heteroatoms. The zero-order valence-corrected chi connectivity index (χ0v) is 19.2. The van der Waals surface area contributed by atoms with Crippen molar-refractivity contribution in [3.05, 3.63) is 34.1 Å². The number of hydrogen-bond acceptors (Lipinski definition) is 9. The molecule has 0 bridgehead atoms. The summed E-state index contributed by atoms with van der Waals surface area (Å²) >= 11 is 1.67. The van der Waals surface area contributed by atoms with E-state index in [0.29, 0.717) is 38.7 Å². The molecule has 1 N–H and O–H groups in total. The van der Waals surface area contributed by atoms with Crippen molar-refractivity contribution in [2.75, 3.05) is 38.7 Å². The first-order chi connectivity index (χ1) is 16.2. The number of nitrogens with one attached hydrogen (secondary N) is 1. The third kappa shape index (κ3) is 3.63. The number of ether oxygens (including phenoxy) is 2. The van der Waals surface area contributed by atoms with Gasteiger partial charge in [-0.15, -0.1) is 11.3 Å². The van der Waals surface area contributed by atoms with Crippen molar-refractivity contribution in [3.8, 4) is 5.88 Å². The summed E-state index contributed by atoms with van der Waals surface area (Å²) in [7, 11) is 1.61. The minimum Gasteiger partial charge on any atom is -0.480 e. The first-order valence-electron chi connectivity index (χ1n) is 11.2. The molecule has 6 rings (SSSR count). The summed E-state index contributed by atoms with van der Waals surface area (Å²) in [5.74, 6) is 1.53. The van der Waals surface area contributed by atoms with Gasteiger partial charge in [-0.2, -0.15) is 0 Å². The van der Waals surface area contributed by atoms with Gasteiger partial charge in [0.1, 0.15) is 22.7 Å². The van der Waals surface area contributed by atoms with E-state index in [0.717, 1.165) is 52.2 Å². The van der Waals surface area contributed by atoms with E-state index >= 15 is 0 Å². The highest BCUT2D eigenvalue weighted by molar-refractivity contribution is 7.19. The Morgan fingerprint density at radius 3 is 3.03 bits per heavy atom. The molecule has 1 fully saturated rings. The number of carbonyl (C=O) groups excluding carboxylic acids is 1. The highest BCUT2D eigenvalue weighted by Gasteiger charge is 2.32. The van der Waals surface area contributed by atoms with Gasteiger partial charge in [0, 0.05) is 35.7 Å². The van der Waals surface area contributed by atoms with Gasteiger partial charge in [-0.1, -0.05) is 0 Å². The van der Waals surface area contributed by atoms with Crippen LogP contribution in [-0.4, -0.2) is 65.4 Å². The topological polar surface area (TPSA) is 102 Å². The second-order valence-electron chi connectivity index (χ2n) is 8.46. The van der Waals surface area contributed by atoms with Crippen molar-refractivity contribution < 1.29 is 14.3 Å². The van der Waals surface area contributed by atoms with E-state index in [4.69, 9.17) is 9.47 Å². The Morgan fingerprint density at radius 1 is 1.30 bits per heavy atom. The Balaban J connectivity index is 1.31. The predicted octanol–water partition coefficient (Wildman–Crippen LogP) is 2.73. The number of morpholine rings is 1. The molecule has 1 amide bonds. The van der Waals surface area contributed by atoms with E-state index in [1.54, 1.807) is 24.8 Å². The van der Waals surface area contributed by atoms with Gasteiger partial charge in [-0.05, 0) is 30.9 Å². The molecule has 1 saturated heterocycles. The highest BCUT2D eigenvalue weighted by Crippen LogP contribution is 2.41. The van der Waals surface area contributed by atoms with E-state index in [-0.39, 0.29) is 11.8 Å². The number of fused-ring (bicyclic) bond motifs is 4.